The molecule has 0 aliphatic carbocycles. The van der Waals surface area contributed by atoms with Crippen LogP contribution in [0.1, 0.15) is 22.1 Å². The van der Waals surface area contributed by atoms with Crippen molar-refractivity contribution < 1.29 is 4.74 Å². The van der Waals surface area contributed by atoms with E-state index >= 15 is 0 Å². The van der Waals surface area contributed by atoms with Gasteiger partial charge in [-0.1, -0.05) is 45.2 Å². The zero-order valence-electron chi connectivity index (χ0n) is 10.6. The van der Waals surface area contributed by atoms with Gasteiger partial charge in [-0.2, -0.15) is 0 Å². The summed E-state index contributed by atoms with van der Waals surface area (Å²) in [5.74, 6) is 0.734. The largest absolute Gasteiger partial charge is 0.496 e. The lowest BCUT2D eigenvalue weighted by Crippen LogP contribution is -1.99. The van der Waals surface area contributed by atoms with Gasteiger partial charge in [0.15, 0.2) is 0 Å². The SMILES string of the molecule is COc1ccc(Cl)cc1C(Cl)c1cc(C)ccc1Br. The Morgan fingerprint density at radius 3 is 2.53 bits per heavy atom. The Bertz CT molecular complexity index is 599. The van der Waals surface area contributed by atoms with E-state index in [1.165, 1.54) is 0 Å². The Hall–Kier alpha value is -0.700. The number of ether oxygens (including phenoxy) is 1. The first-order chi connectivity index (χ1) is 9.02. The van der Waals surface area contributed by atoms with Gasteiger partial charge in [-0.25, -0.2) is 0 Å². The van der Waals surface area contributed by atoms with Crippen molar-refractivity contribution in [2.24, 2.45) is 0 Å². The molecule has 2 aromatic carbocycles. The molecule has 0 spiro atoms. The van der Waals surface area contributed by atoms with E-state index in [0.29, 0.717) is 5.02 Å². The lowest BCUT2D eigenvalue weighted by molar-refractivity contribution is 0.410. The highest BCUT2D eigenvalue weighted by Crippen LogP contribution is 2.39. The van der Waals surface area contributed by atoms with Crippen LogP contribution in [-0.2, 0) is 0 Å². The van der Waals surface area contributed by atoms with E-state index in [0.717, 1.165) is 26.9 Å². The fraction of sp³-hybridized carbons (Fsp3) is 0.200. The van der Waals surface area contributed by atoms with Crippen molar-refractivity contribution in [3.63, 3.8) is 0 Å². The maximum Gasteiger partial charge on any atom is 0.123 e. The third-order valence-electron chi connectivity index (χ3n) is 2.89. The van der Waals surface area contributed by atoms with Crippen molar-refractivity contribution in [2.75, 3.05) is 7.11 Å². The van der Waals surface area contributed by atoms with E-state index in [2.05, 4.69) is 22.0 Å². The second kappa shape index (κ2) is 6.17. The third kappa shape index (κ3) is 3.25. The summed E-state index contributed by atoms with van der Waals surface area (Å²) in [6.45, 7) is 2.04. The Morgan fingerprint density at radius 2 is 1.84 bits per heavy atom. The molecule has 19 heavy (non-hydrogen) atoms. The van der Waals surface area contributed by atoms with E-state index in [4.69, 9.17) is 27.9 Å². The summed E-state index contributed by atoms with van der Waals surface area (Å²) in [6, 6.07) is 11.5. The Labute approximate surface area is 131 Å². The predicted octanol–water partition coefficient (Wildman–Crippen LogP) is 5.75. The minimum Gasteiger partial charge on any atom is -0.496 e. The number of hydrogen-bond donors (Lipinski definition) is 0. The Morgan fingerprint density at radius 1 is 1.11 bits per heavy atom. The molecule has 0 aromatic heterocycles. The maximum absolute atomic E-state index is 6.60. The van der Waals surface area contributed by atoms with E-state index < -0.39 is 0 Å². The van der Waals surface area contributed by atoms with Crippen LogP contribution in [0, 0.1) is 6.92 Å². The molecule has 4 heteroatoms. The molecule has 0 fully saturated rings. The molecule has 0 N–H and O–H groups in total. The molecule has 0 aliphatic rings. The molecule has 1 unspecified atom stereocenters. The number of hydrogen-bond acceptors (Lipinski definition) is 1. The van der Waals surface area contributed by atoms with Gasteiger partial charge in [-0.15, -0.1) is 11.6 Å². The minimum absolute atomic E-state index is 0.317. The maximum atomic E-state index is 6.60. The second-order valence-corrected chi connectivity index (χ2v) is 6.00. The van der Waals surface area contributed by atoms with Crippen molar-refractivity contribution in [2.45, 2.75) is 12.3 Å². The highest BCUT2D eigenvalue weighted by Gasteiger charge is 2.18. The topological polar surface area (TPSA) is 9.23 Å². The van der Waals surface area contributed by atoms with Crippen LogP contribution in [0.2, 0.25) is 5.02 Å². The highest BCUT2D eigenvalue weighted by atomic mass is 79.9. The van der Waals surface area contributed by atoms with Crippen molar-refractivity contribution in [1.29, 1.82) is 0 Å². The first kappa shape index (κ1) is 14.7. The van der Waals surface area contributed by atoms with Gasteiger partial charge >= 0.3 is 0 Å². The average molecular weight is 360 g/mol. The minimum atomic E-state index is -0.317. The van der Waals surface area contributed by atoms with Crippen LogP contribution in [0.4, 0.5) is 0 Å². The number of aryl methyl sites for hydroxylation is 1. The molecule has 0 bridgehead atoms. The van der Waals surface area contributed by atoms with Crippen LogP contribution in [0.25, 0.3) is 0 Å². The molecular formula is C15H13BrCl2O. The van der Waals surface area contributed by atoms with Gasteiger partial charge in [0.05, 0.1) is 12.5 Å². The molecule has 1 nitrogen and oxygen atoms in total. The smallest absolute Gasteiger partial charge is 0.123 e. The lowest BCUT2D eigenvalue weighted by atomic mass is 10.0. The molecule has 0 amide bonds. The van der Waals surface area contributed by atoms with Gasteiger partial charge in [-0.05, 0) is 36.8 Å². The zero-order chi connectivity index (χ0) is 14.0. The number of rotatable bonds is 3. The van der Waals surface area contributed by atoms with Crippen LogP contribution in [0.15, 0.2) is 40.9 Å². The van der Waals surface area contributed by atoms with Gasteiger partial charge in [0.25, 0.3) is 0 Å². The molecule has 2 rings (SSSR count). The summed E-state index contributed by atoms with van der Waals surface area (Å²) < 4.78 is 6.33. The second-order valence-electron chi connectivity index (χ2n) is 4.27. The standard InChI is InChI=1S/C15H13BrCl2O/c1-9-3-5-13(16)11(7-9)15(18)12-8-10(17)4-6-14(12)19-2/h3-8,15H,1-2H3. The Balaban J connectivity index is 2.51. The Kier molecular flexibility index (Phi) is 4.77. The summed E-state index contributed by atoms with van der Waals surface area (Å²) in [5.41, 5.74) is 3.02. The normalized spacial score (nSPS) is 12.3. The van der Waals surface area contributed by atoms with Gasteiger partial charge in [-0.3, -0.25) is 0 Å². The molecule has 0 saturated carbocycles. The summed E-state index contributed by atoms with van der Waals surface area (Å²) in [6.07, 6.45) is 0. The fourth-order valence-corrected chi connectivity index (χ4v) is 3.07. The zero-order valence-corrected chi connectivity index (χ0v) is 13.7. The van der Waals surface area contributed by atoms with Gasteiger partial charge in [0.2, 0.25) is 0 Å². The quantitative estimate of drug-likeness (QED) is 0.634. The first-order valence-corrected chi connectivity index (χ1v) is 7.37. The fourth-order valence-electron chi connectivity index (χ4n) is 1.93. The monoisotopic (exact) mass is 358 g/mol. The van der Waals surface area contributed by atoms with E-state index in [-0.39, 0.29) is 5.38 Å². The summed E-state index contributed by atoms with van der Waals surface area (Å²) >= 11 is 16.2. The van der Waals surface area contributed by atoms with Crippen molar-refractivity contribution in [3.05, 3.63) is 62.6 Å². The van der Waals surface area contributed by atoms with Gasteiger partial charge in [0, 0.05) is 15.1 Å². The van der Waals surface area contributed by atoms with Crippen LogP contribution in [0.5, 0.6) is 5.75 Å². The molecule has 0 heterocycles. The summed E-state index contributed by atoms with van der Waals surface area (Å²) in [4.78, 5) is 0. The first-order valence-electron chi connectivity index (χ1n) is 5.76. The van der Waals surface area contributed by atoms with Gasteiger partial charge < -0.3 is 4.74 Å². The van der Waals surface area contributed by atoms with E-state index in [1.54, 1.807) is 13.2 Å². The van der Waals surface area contributed by atoms with Crippen molar-refractivity contribution in [1.82, 2.24) is 0 Å². The number of benzene rings is 2. The number of halogens is 3. The van der Waals surface area contributed by atoms with Crippen LogP contribution < -0.4 is 4.74 Å². The molecule has 0 saturated heterocycles. The molecular weight excluding hydrogens is 347 g/mol. The average Bonchev–Trinajstić information content (AvgIpc) is 2.40. The lowest BCUT2D eigenvalue weighted by Gasteiger charge is -2.16. The van der Waals surface area contributed by atoms with Crippen molar-refractivity contribution in [3.8, 4) is 5.75 Å². The van der Waals surface area contributed by atoms with E-state index in [1.807, 2.05) is 31.2 Å². The molecule has 0 aliphatic heterocycles. The summed E-state index contributed by atoms with van der Waals surface area (Å²) in [5, 5.41) is 0.327. The van der Waals surface area contributed by atoms with E-state index in [9.17, 15) is 0 Å². The summed E-state index contributed by atoms with van der Waals surface area (Å²) in [7, 11) is 1.63. The highest BCUT2D eigenvalue weighted by molar-refractivity contribution is 9.10. The van der Waals surface area contributed by atoms with Crippen LogP contribution in [-0.4, -0.2) is 7.11 Å². The number of alkyl halides is 1. The van der Waals surface area contributed by atoms with Gasteiger partial charge in [0.1, 0.15) is 5.75 Å². The molecule has 1 atom stereocenters. The molecule has 100 valence electrons. The number of methoxy groups -OCH3 is 1. The molecule has 2 aromatic rings. The van der Waals surface area contributed by atoms with Crippen LogP contribution >= 0.6 is 39.1 Å². The third-order valence-corrected chi connectivity index (χ3v) is 4.32. The van der Waals surface area contributed by atoms with Crippen molar-refractivity contribution >= 4 is 39.1 Å². The molecule has 0 radical (unpaired) electrons. The van der Waals surface area contributed by atoms with Crippen LogP contribution in [0.3, 0.4) is 0 Å². The predicted molar refractivity (Wildman–Crippen MR) is 84.6 cm³/mol.